The summed E-state index contributed by atoms with van der Waals surface area (Å²) < 4.78 is 30.4. The minimum absolute atomic E-state index is 0.0344. The Bertz CT molecular complexity index is 1640. The molecule has 2 amide bonds. The van der Waals surface area contributed by atoms with Gasteiger partial charge in [0.05, 0.1) is 10.9 Å². The molecule has 0 spiro atoms. The molecule has 9 nitrogen and oxygen atoms in total. The molecule has 1 aromatic heterocycles. The number of benzene rings is 3. The molecule has 3 aromatic carbocycles. The van der Waals surface area contributed by atoms with Gasteiger partial charge in [-0.2, -0.15) is 0 Å². The minimum atomic E-state index is -4.19. The van der Waals surface area contributed by atoms with Crippen molar-refractivity contribution >= 4 is 33.8 Å². The van der Waals surface area contributed by atoms with Crippen LogP contribution < -0.4 is 10.0 Å². The third-order valence-electron chi connectivity index (χ3n) is 6.54. The van der Waals surface area contributed by atoms with Gasteiger partial charge in [-0.1, -0.05) is 79.7 Å². The van der Waals surface area contributed by atoms with Crippen molar-refractivity contribution in [1.82, 2.24) is 19.6 Å². The zero-order valence-corrected chi connectivity index (χ0v) is 24.6. The SMILES string of the molecule is CCCc1nc(SC)c(C(=O)O)n1Cc1ccc(-c2ccccc2S(=O)(=O)NC(=O)NC(C)c2ccccc2)cc1. The molecular formula is C30H32N4O5S2. The van der Waals surface area contributed by atoms with E-state index in [-0.39, 0.29) is 10.6 Å². The van der Waals surface area contributed by atoms with Gasteiger partial charge in [-0.25, -0.2) is 27.7 Å². The predicted molar refractivity (Wildman–Crippen MR) is 160 cm³/mol. The Morgan fingerprint density at radius 2 is 1.66 bits per heavy atom. The van der Waals surface area contributed by atoms with Crippen molar-refractivity contribution in [3.8, 4) is 11.1 Å². The number of imidazole rings is 1. The molecule has 0 saturated heterocycles. The second-order valence-electron chi connectivity index (χ2n) is 9.43. The van der Waals surface area contributed by atoms with Crippen LogP contribution in [0.1, 0.15) is 53.7 Å². The van der Waals surface area contributed by atoms with Crippen LogP contribution in [-0.4, -0.2) is 41.3 Å². The van der Waals surface area contributed by atoms with Crippen LogP contribution in [0.4, 0.5) is 4.79 Å². The van der Waals surface area contributed by atoms with Gasteiger partial charge < -0.3 is 15.0 Å². The molecule has 1 heterocycles. The van der Waals surface area contributed by atoms with E-state index in [2.05, 4.69) is 15.0 Å². The van der Waals surface area contributed by atoms with Crippen LogP contribution in [0.5, 0.6) is 0 Å². The highest BCUT2D eigenvalue weighted by Crippen LogP contribution is 2.29. The highest BCUT2D eigenvalue weighted by Gasteiger charge is 2.24. The summed E-state index contributed by atoms with van der Waals surface area (Å²) in [6, 6.07) is 21.7. The number of thioether (sulfide) groups is 1. The summed E-state index contributed by atoms with van der Waals surface area (Å²) in [4.78, 5) is 29.1. The molecule has 11 heteroatoms. The van der Waals surface area contributed by atoms with E-state index in [9.17, 15) is 23.1 Å². The highest BCUT2D eigenvalue weighted by atomic mass is 32.2. The van der Waals surface area contributed by atoms with Crippen molar-refractivity contribution in [3.05, 3.63) is 102 Å². The number of nitrogens with zero attached hydrogens (tertiary/aromatic N) is 2. The molecule has 4 rings (SSSR count). The number of carboxylic acid groups (broad SMARTS) is 1. The number of urea groups is 1. The fraction of sp³-hybridized carbons (Fsp3) is 0.233. The third-order valence-corrected chi connectivity index (χ3v) is 8.60. The van der Waals surface area contributed by atoms with E-state index in [4.69, 9.17) is 0 Å². The first-order valence-electron chi connectivity index (χ1n) is 13.1. The molecule has 0 fully saturated rings. The van der Waals surface area contributed by atoms with E-state index >= 15 is 0 Å². The van der Waals surface area contributed by atoms with Gasteiger partial charge in [0.1, 0.15) is 10.9 Å². The van der Waals surface area contributed by atoms with Crippen LogP contribution >= 0.6 is 11.8 Å². The second kappa shape index (κ2) is 13.0. The molecule has 0 aliphatic heterocycles. The largest absolute Gasteiger partial charge is 0.476 e. The maximum Gasteiger partial charge on any atom is 0.355 e. The molecular weight excluding hydrogens is 560 g/mol. The quantitative estimate of drug-likeness (QED) is 0.190. The van der Waals surface area contributed by atoms with Crippen molar-refractivity contribution in [2.24, 2.45) is 0 Å². The zero-order valence-electron chi connectivity index (χ0n) is 23.0. The van der Waals surface area contributed by atoms with Gasteiger partial charge in [-0.3, -0.25) is 0 Å². The van der Waals surface area contributed by atoms with Crippen LogP contribution in [0.25, 0.3) is 11.1 Å². The summed E-state index contributed by atoms with van der Waals surface area (Å²) in [6.45, 7) is 4.10. The van der Waals surface area contributed by atoms with Crippen LogP contribution in [0.2, 0.25) is 0 Å². The predicted octanol–water partition coefficient (Wildman–Crippen LogP) is 5.72. The van der Waals surface area contributed by atoms with Crippen LogP contribution in [0.15, 0.2) is 88.8 Å². The maximum atomic E-state index is 13.3. The number of hydrogen-bond donors (Lipinski definition) is 3. The topological polar surface area (TPSA) is 130 Å². The molecule has 1 atom stereocenters. The number of carbonyl (C=O) groups excluding carboxylic acids is 1. The number of amides is 2. The molecule has 0 saturated carbocycles. The number of aromatic carboxylic acids is 1. The fourth-order valence-electron chi connectivity index (χ4n) is 4.55. The zero-order chi connectivity index (χ0) is 29.6. The average molecular weight is 593 g/mol. The number of aryl methyl sites for hydroxylation is 1. The Hall–Kier alpha value is -4.09. The maximum absolute atomic E-state index is 13.3. The molecule has 0 aliphatic carbocycles. The highest BCUT2D eigenvalue weighted by molar-refractivity contribution is 7.98. The van der Waals surface area contributed by atoms with Gasteiger partial charge in [0.2, 0.25) is 0 Å². The molecule has 214 valence electrons. The van der Waals surface area contributed by atoms with Gasteiger partial charge in [-0.15, -0.1) is 11.8 Å². The van der Waals surface area contributed by atoms with Gasteiger partial charge in [0.25, 0.3) is 10.0 Å². The van der Waals surface area contributed by atoms with Gasteiger partial charge >= 0.3 is 12.0 Å². The van der Waals surface area contributed by atoms with Crippen molar-refractivity contribution in [2.75, 3.05) is 6.26 Å². The van der Waals surface area contributed by atoms with E-state index < -0.39 is 28.1 Å². The molecule has 4 aromatic rings. The number of sulfonamides is 1. The summed E-state index contributed by atoms with van der Waals surface area (Å²) in [6.07, 6.45) is 3.28. The lowest BCUT2D eigenvalue weighted by Gasteiger charge is -2.16. The van der Waals surface area contributed by atoms with Gasteiger partial charge in [0.15, 0.2) is 5.69 Å². The smallest absolute Gasteiger partial charge is 0.355 e. The molecule has 0 aliphatic rings. The van der Waals surface area contributed by atoms with E-state index in [1.807, 2.05) is 49.4 Å². The molecule has 1 unspecified atom stereocenters. The summed E-state index contributed by atoms with van der Waals surface area (Å²) in [5.74, 6) is -0.324. The molecule has 0 radical (unpaired) electrons. The van der Waals surface area contributed by atoms with Crippen LogP contribution in [-0.2, 0) is 23.0 Å². The number of carboxylic acids is 1. The Labute approximate surface area is 244 Å². The Balaban J connectivity index is 1.56. The first-order chi connectivity index (χ1) is 19.6. The van der Waals surface area contributed by atoms with E-state index in [1.54, 1.807) is 48.1 Å². The normalized spacial score (nSPS) is 12.1. The lowest BCUT2D eigenvalue weighted by atomic mass is 10.0. The van der Waals surface area contributed by atoms with Crippen molar-refractivity contribution in [1.29, 1.82) is 0 Å². The van der Waals surface area contributed by atoms with E-state index in [0.29, 0.717) is 34.9 Å². The summed E-state index contributed by atoms with van der Waals surface area (Å²) in [5.41, 5.74) is 2.91. The van der Waals surface area contributed by atoms with E-state index in [1.165, 1.54) is 17.8 Å². The Kier molecular flexibility index (Phi) is 9.51. The van der Waals surface area contributed by atoms with Crippen molar-refractivity contribution < 1.29 is 23.1 Å². The van der Waals surface area contributed by atoms with Crippen molar-refractivity contribution in [2.45, 2.75) is 49.2 Å². The van der Waals surface area contributed by atoms with Crippen LogP contribution in [0.3, 0.4) is 0 Å². The van der Waals surface area contributed by atoms with Gasteiger partial charge in [0, 0.05) is 18.5 Å². The molecule has 3 N–H and O–H groups in total. The first-order valence-corrected chi connectivity index (χ1v) is 15.8. The summed E-state index contributed by atoms with van der Waals surface area (Å²) in [7, 11) is -4.19. The Morgan fingerprint density at radius 1 is 1.00 bits per heavy atom. The summed E-state index contributed by atoms with van der Waals surface area (Å²) >= 11 is 1.30. The number of carbonyl (C=O) groups is 2. The molecule has 41 heavy (non-hydrogen) atoms. The Morgan fingerprint density at radius 3 is 2.29 bits per heavy atom. The monoisotopic (exact) mass is 592 g/mol. The second-order valence-corrected chi connectivity index (χ2v) is 11.9. The van der Waals surface area contributed by atoms with Gasteiger partial charge in [-0.05, 0) is 42.4 Å². The lowest BCUT2D eigenvalue weighted by Crippen LogP contribution is -2.40. The van der Waals surface area contributed by atoms with E-state index in [0.717, 1.165) is 17.5 Å². The standard InChI is InChI=1S/C30H32N4O5S2/c1-4-10-26-32-28(40-3)27(29(35)36)34(26)19-21-15-17-23(18-16-21)24-13-8-9-14-25(24)41(38,39)33-30(37)31-20(2)22-11-6-5-7-12-22/h5-9,11-18,20H,4,10,19H2,1-3H3,(H,35,36)(H2,31,33,37). The lowest BCUT2D eigenvalue weighted by molar-refractivity contribution is 0.0681. The van der Waals surface area contributed by atoms with Crippen molar-refractivity contribution in [3.63, 3.8) is 0 Å². The number of nitrogens with one attached hydrogen (secondary N) is 2. The minimum Gasteiger partial charge on any atom is -0.476 e. The number of hydrogen-bond acceptors (Lipinski definition) is 6. The first kappa shape index (κ1) is 29.9. The third kappa shape index (κ3) is 6.98. The fourth-order valence-corrected chi connectivity index (χ4v) is 6.28. The molecule has 0 bridgehead atoms. The number of rotatable bonds is 11. The average Bonchev–Trinajstić information content (AvgIpc) is 3.31. The van der Waals surface area contributed by atoms with Crippen LogP contribution in [0, 0.1) is 0 Å². The summed E-state index contributed by atoms with van der Waals surface area (Å²) in [5, 5.41) is 13.0. The number of aromatic nitrogens is 2.